The summed E-state index contributed by atoms with van der Waals surface area (Å²) in [7, 11) is 0. The van der Waals surface area contributed by atoms with Crippen LogP contribution in [0.5, 0.6) is 0 Å². The van der Waals surface area contributed by atoms with Gasteiger partial charge in [0, 0.05) is 31.7 Å². The fourth-order valence-corrected chi connectivity index (χ4v) is 4.23. The maximum absolute atomic E-state index is 12.6. The molecule has 1 amide bonds. The minimum atomic E-state index is -0.378. The molecule has 1 heterocycles. The van der Waals surface area contributed by atoms with Gasteiger partial charge in [0.2, 0.25) is 5.91 Å². The summed E-state index contributed by atoms with van der Waals surface area (Å²) in [4.78, 5) is 15.0. The summed E-state index contributed by atoms with van der Waals surface area (Å²) < 4.78 is 5.61. The van der Waals surface area contributed by atoms with Gasteiger partial charge in [-0.3, -0.25) is 9.69 Å². The number of ether oxygens (including phenoxy) is 1. The fraction of sp³-hybridized carbons (Fsp3) is 0.667. The number of nitrogens with two attached hydrogens (primary N) is 1. The van der Waals surface area contributed by atoms with Crippen LogP contribution in [-0.2, 0) is 22.6 Å². The number of benzene rings is 1. The topological polar surface area (TPSA) is 67.6 Å². The van der Waals surface area contributed by atoms with E-state index in [9.17, 15) is 4.79 Å². The first kappa shape index (κ1) is 19.3. The number of morpholine rings is 1. The van der Waals surface area contributed by atoms with Crippen molar-refractivity contribution in [3.05, 3.63) is 35.4 Å². The van der Waals surface area contributed by atoms with Crippen molar-refractivity contribution < 1.29 is 9.53 Å². The average molecular weight is 360 g/mol. The Morgan fingerprint density at radius 2 is 2.19 bits per heavy atom. The van der Waals surface area contributed by atoms with Crippen LogP contribution in [0, 0.1) is 5.92 Å². The molecule has 0 bridgehead atoms. The maximum atomic E-state index is 12.6. The Morgan fingerprint density at radius 3 is 2.96 bits per heavy atom. The Kier molecular flexibility index (Phi) is 6.33. The molecule has 1 aromatic rings. The highest BCUT2D eigenvalue weighted by Crippen LogP contribution is 2.31. The summed E-state index contributed by atoms with van der Waals surface area (Å²) >= 11 is 0. The van der Waals surface area contributed by atoms with E-state index < -0.39 is 0 Å². The third-order valence-corrected chi connectivity index (χ3v) is 5.76. The van der Waals surface area contributed by atoms with E-state index in [4.69, 9.17) is 10.5 Å². The predicted molar refractivity (Wildman–Crippen MR) is 104 cm³/mol. The predicted octanol–water partition coefficient (Wildman–Crippen LogP) is 2.43. The minimum absolute atomic E-state index is 0.0747. The van der Waals surface area contributed by atoms with Gasteiger partial charge < -0.3 is 15.8 Å². The molecule has 1 aromatic carbocycles. The summed E-state index contributed by atoms with van der Waals surface area (Å²) in [5.74, 6) is 0.0244. The van der Waals surface area contributed by atoms with E-state index >= 15 is 0 Å². The van der Waals surface area contributed by atoms with Crippen LogP contribution >= 0.6 is 0 Å². The van der Waals surface area contributed by atoms with Gasteiger partial charge in [-0.25, -0.2) is 0 Å². The Bertz CT molecular complexity index is 617. The number of rotatable bonds is 5. The molecule has 3 unspecified atom stereocenters. The normalized spacial score (nSPS) is 30.1. The first-order chi connectivity index (χ1) is 12.4. The van der Waals surface area contributed by atoms with Crippen molar-refractivity contribution in [2.45, 2.75) is 64.3 Å². The molecule has 144 valence electrons. The van der Waals surface area contributed by atoms with Crippen molar-refractivity contribution in [3.63, 3.8) is 0 Å². The average Bonchev–Trinajstić information content (AvgIpc) is 2.60. The lowest BCUT2D eigenvalue weighted by Crippen LogP contribution is -2.52. The van der Waals surface area contributed by atoms with Crippen molar-refractivity contribution in [1.82, 2.24) is 10.2 Å². The van der Waals surface area contributed by atoms with E-state index in [2.05, 4.69) is 41.4 Å². The molecule has 3 rings (SSSR count). The van der Waals surface area contributed by atoms with E-state index in [-0.39, 0.29) is 17.4 Å². The van der Waals surface area contributed by atoms with Gasteiger partial charge >= 0.3 is 0 Å². The molecular weight excluding hydrogens is 326 g/mol. The van der Waals surface area contributed by atoms with E-state index in [1.807, 2.05) is 6.92 Å². The van der Waals surface area contributed by atoms with Crippen LogP contribution in [-0.4, -0.2) is 42.1 Å². The molecule has 2 aliphatic rings. The number of carbonyl (C=O) groups is 1. The van der Waals surface area contributed by atoms with Gasteiger partial charge in [0.25, 0.3) is 0 Å². The SMILES string of the molecule is CC1CN(Cc2cccc(CNC(=O)C3CCCCC3(C)N)c2)CCO1. The summed E-state index contributed by atoms with van der Waals surface area (Å²) in [6.45, 7) is 8.38. The van der Waals surface area contributed by atoms with Crippen LogP contribution in [0.25, 0.3) is 0 Å². The molecule has 3 atom stereocenters. The zero-order valence-corrected chi connectivity index (χ0v) is 16.2. The van der Waals surface area contributed by atoms with Crippen LogP contribution in [0.3, 0.4) is 0 Å². The van der Waals surface area contributed by atoms with Crippen molar-refractivity contribution in [2.75, 3.05) is 19.7 Å². The lowest BCUT2D eigenvalue weighted by molar-refractivity contribution is -0.128. The van der Waals surface area contributed by atoms with Crippen molar-refractivity contribution in [3.8, 4) is 0 Å². The smallest absolute Gasteiger partial charge is 0.225 e. The van der Waals surface area contributed by atoms with Crippen LogP contribution in [0.4, 0.5) is 0 Å². The summed E-state index contributed by atoms with van der Waals surface area (Å²) in [6, 6.07) is 8.51. The van der Waals surface area contributed by atoms with Crippen molar-refractivity contribution in [2.24, 2.45) is 11.7 Å². The van der Waals surface area contributed by atoms with E-state index in [0.29, 0.717) is 12.6 Å². The molecule has 26 heavy (non-hydrogen) atoms. The van der Waals surface area contributed by atoms with Crippen LogP contribution in [0.15, 0.2) is 24.3 Å². The second kappa shape index (κ2) is 8.51. The van der Waals surface area contributed by atoms with Crippen molar-refractivity contribution >= 4 is 5.91 Å². The van der Waals surface area contributed by atoms with Crippen LogP contribution < -0.4 is 11.1 Å². The Hall–Kier alpha value is -1.43. The second-order valence-electron chi connectivity index (χ2n) is 8.26. The monoisotopic (exact) mass is 359 g/mol. The first-order valence-corrected chi connectivity index (χ1v) is 9.92. The first-order valence-electron chi connectivity index (χ1n) is 9.92. The highest BCUT2D eigenvalue weighted by Gasteiger charge is 2.37. The molecular formula is C21H33N3O2. The fourth-order valence-electron chi connectivity index (χ4n) is 4.23. The molecule has 1 aliphatic carbocycles. The van der Waals surface area contributed by atoms with Gasteiger partial charge in [-0.2, -0.15) is 0 Å². The van der Waals surface area contributed by atoms with Gasteiger partial charge in [0.1, 0.15) is 0 Å². The highest BCUT2D eigenvalue weighted by molar-refractivity contribution is 5.80. The summed E-state index contributed by atoms with van der Waals surface area (Å²) in [5, 5.41) is 3.11. The third-order valence-electron chi connectivity index (χ3n) is 5.76. The largest absolute Gasteiger partial charge is 0.376 e. The van der Waals surface area contributed by atoms with E-state index in [1.165, 1.54) is 5.56 Å². The van der Waals surface area contributed by atoms with Crippen LogP contribution in [0.2, 0.25) is 0 Å². The number of carbonyl (C=O) groups excluding carboxylic acids is 1. The molecule has 0 radical (unpaired) electrons. The summed E-state index contributed by atoms with van der Waals surface area (Å²) in [6.07, 6.45) is 4.34. The highest BCUT2D eigenvalue weighted by atomic mass is 16.5. The van der Waals surface area contributed by atoms with Crippen molar-refractivity contribution in [1.29, 1.82) is 0 Å². The van der Waals surface area contributed by atoms with Gasteiger partial charge in [-0.05, 0) is 37.8 Å². The molecule has 0 spiro atoms. The molecule has 1 saturated heterocycles. The number of hydrogen-bond acceptors (Lipinski definition) is 4. The number of nitrogens with one attached hydrogen (secondary N) is 1. The van der Waals surface area contributed by atoms with Crippen LogP contribution in [0.1, 0.15) is 50.7 Å². The third kappa shape index (κ3) is 5.06. The van der Waals surface area contributed by atoms with E-state index in [0.717, 1.165) is 57.5 Å². The molecule has 1 aliphatic heterocycles. The number of hydrogen-bond donors (Lipinski definition) is 2. The lowest BCUT2D eigenvalue weighted by Gasteiger charge is -2.37. The molecule has 1 saturated carbocycles. The molecule has 2 fully saturated rings. The summed E-state index contributed by atoms with van der Waals surface area (Å²) in [5.41, 5.74) is 8.41. The molecule has 5 heteroatoms. The number of nitrogens with zero attached hydrogens (tertiary/aromatic N) is 1. The number of amides is 1. The standard InChI is InChI=1S/C21H33N3O2/c1-16-14-24(10-11-26-16)15-18-7-5-6-17(12-18)13-23-20(25)19-8-3-4-9-21(19,2)22/h5-7,12,16,19H,3-4,8-11,13-15,22H2,1-2H3,(H,23,25). The Balaban J connectivity index is 1.54. The molecule has 3 N–H and O–H groups in total. The maximum Gasteiger partial charge on any atom is 0.225 e. The van der Waals surface area contributed by atoms with Gasteiger partial charge in [0.05, 0.1) is 18.6 Å². The molecule has 5 nitrogen and oxygen atoms in total. The zero-order chi connectivity index (χ0) is 18.6. The Labute approximate surface area is 157 Å². The molecule has 0 aromatic heterocycles. The van der Waals surface area contributed by atoms with E-state index in [1.54, 1.807) is 0 Å². The zero-order valence-electron chi connectivity index (χ0n) is 16.2. The lowest BCUT2D eigenvalue weighted by atomic mass is 9.74. The van der Waals surface area contributed by atoms with Gasteiger partial charge in [0.15, 0.2) is 0 Å². The Morgan fingerprint density at radius 1 is 1.38 bits per heavy atom. The quantitative estimate of drug-likeness (QED) is 0.847. The van der Waals surface area contributed by atoms with Gasteiger partial charge in [-0.1, -0.05) is 37.1 Å². The second-order valence-corrected chi connectivity index (χ2v) is 8.26. The minimum Gasteiger partial charge on any atom is -0.376 e. The van der Waals surface area contributed by atoms with Gasteiger partial charge in [-0.15, -0.1) is 0 Å².